The molecule has 1 aromatic carbocycles. The molecule has 0 atom stereocenters. The summed E-state index contributed by atoms with van der Waals surface area (Å²) in [6.07, 6.45) is 2.80. The molecule has 130 valence electrons. The summed E-state index contributed by atoms with van der Waals surface area (Å²) >= 11 is 0. The summed E-state index contributed by atoms with van der Waals surface area (Å²) in [7, 11) is 2.01. The molecule has 0 unspecified atom stereocenters. The van der Waals surface area contributed by atoms with Crippen LogP contribution in [-0.2, 0) is 18.3 Å². The minimum Gasteiger partial charge on any atom is -0.481 e. The number of carbonyl (C=O) groups is 2. The molecule has 0 radical (unpaired) electrons. The lowest BCUT2D eigenvalue weighted by molar-refractivity contribution is -0.146. The van der Waals surface area contributed by atoms with Crippen LogP contribution in [0.2, 0.25) is 0 Å². The average Bonchev–Trinajstić information content (AvgIpc) is 2.81. The zero-order chi connectivity index (χ0) is 17.9. The summed E-state index contributed by atoms with van der Waals surface area (Å²) in [4.78, 5) is 22.8. The number of aromatic nitrogens is 1. The van der Waals surface area contributed by atoms with Crippen molar-refractivity contribution in [3.63, 3.8) is 0 Å². The summed E-state index contributed by atoms with van der Waals surface area (Å²) in [5, 5.41) is 15.6. The average molecular weight is 331 g/mol. The summed E-state index contributed by atoms with van der Waals surface area (Å²) in [6.45, 7) is 5.79. The molecule has 0 aliphatic rings. The standard InChI is InChI=1S/C18H25N3O3/c1-12-5-6-15-14(9-12)13(10-21(15)4)7-8-19-17(24)20-11-18(2,3)16(22)23/h5-6,9-10H,7-8,11H2,1-4H3,(H,22,23)(H2,19,20,24). The molecular weight excluding hydrogens is 306 g/mol. The molecule has 1 heterocycles. The lowest BCUT2D eigenvalue weighted by atomic mass is 9.94. The second-order valence-electron chi connectivity index (χ2n) is 6.83. The summed E-state index contributed by atoms with van der Waals surface area (Å²) in [6, 6.07) is 5.99. The number of hydrogen-bond acceptors (Lipinski definition) is 2. The van der Waals surface area contributed by atoms with Crippen molar-refractivity contribution in [1.82, 2.24) is 15.2 Å². The first kappa shape index (κ1) is 17.8. The molecule has 3 N–H and O–H groups in total. The van der Waals surface area contributed by atoms with Gasteiger partial charge in [0.2, 0.25) is 0 Å². The van der Waals surface area contributed by atoms with Crippen LogP contribution in [0.15, 0.2) is 24.4 Å². The van der Waals surface area contributed by atoms with Crippen LogP contribution < -0.4 is 10.6 Å². The van der Waals surface area contributed by atoms with E-state index in [1.807, 2.05) is 7.05 Å². The van der Waals surface area contributed by atoms with Crippen LogP contribution in [0.3, 0.4) is 0 Å². The second-order valence-corrected chi connectivity index (χ2v) is 6.83. The molecular formula is C18H25N3O3. The Bertz CT molecular complexity index is 762. The molecule has 2 rings (SSSR count). The molecule has 0 aliphatic carbocycles. The molecule has 6 heteroatoms. The number of carboxylic acids is 1. The van der Waals surface area contributed by atoms with E-state index in [2.05, 4.69) is 46.5 Å². The smallest absolute Gasteiger partial charge is 0.314 e. The van der Waals surface area contributed by atoms with E-state index in [1.165, 1.54) is 22.0 Å². The third-order valence-electron chi connectivity index (χ3n) is 4.18. The van der Waals surface area contributed by atoms with Crippen molar-refractivity contribution in [2.24, 2.45) is 12.5 Å². The Morgan fingerprint density at radius 3 is 2.62 bits per heavy atom. The Morgan fingerprint density at radius 1 is 1.25 bits per heavy atom. The largest absolute Gasteiger partial charge is 0.481 e. The number of carboxylic acid groups (broad SMARTS) is 1. The maximum atomic E-state index is 11.8. The third-order valence-corrected chi connectivity index (χ3v) is 4.18. The van der Waals surface area contributed by atoms with E-state index in [-0.39, 0.29) is 12.6 Å². The number of nitrogens with one attached hydrogen (secondary N) is 2. The molecule has 0 saturated carbocycles. The van der Waals surface area contributed by atoms with Gasteiger partial charge >= 0.3 is 12.0 Å². The molecule has 0 aliphatic heterocycles. The van der Waals surface area contributed by atoms with Crippen molar-refractivity contribution in [3.05, 3.63) is 35.5 Å². The fourth-order valence-corrected chi connectivity index (χ4v) is 2.54. The van der Waals surface area contributed by atoms with E-state index < -0.39 is 11.4 Å². The van der Waals surface area contributed by atoms with Gasteiger partial charge in [0, 0.05) is 37.2 Å². The van der Waals surface area contributed by atoms with Gasteiger partial charge in [0.05, 0.1) is 5.41 Å². The number of fused-ring (bicyclic) bond motifs is 1. The summed E-state index contributed by atoms with van der Waals surface area (Å²) in [5.74, 6) is -0.936. The van der Waals surface area contributed by atoms with E-state index in [4.69, 9.17) is 5.11 Å². The minimum absolute atomic E-state index is 0.0849. The normalized spacial score (nSPS) is 11.5. The fraction of sp³-hybridized carbons (Fsp3) is 0.444. The maximum Gasteiger partial charge on any atom is 0.314 e. The molecule has 2 aromatic rings. The van der Waals surface area contributed by atoms with Gasteiger partial charge in [0.15, 0.2) is 0 Å². The summed E-state index contributed by atoms with van der Waals surface area (Å²) < 4.78 is 2.08. The first-order valence-electron chi connectivity index (χ1n) is 8.00. The SMILES string of the molecule is Cc1ccc2c(c1)c(CCNC(=O)NCC(C)(C)C(=O)O)cn2C. The van der Waals surface area contributed by atoms with Crippen molar-refractivity contribution in [1.29, 1.82) is 0 Å². The zero-order valence-corrected chi connectivity index (χ0v) is 14.6. The van der Waals surface area contributed by atoms with Crippen molar-refractivity contribution in [2.45, 2.75) is 27.2 Å². The van der Waals surface area contributed by atoms with Crippen LogP contribution in [0.1, 0.15) is 25.0 Å². The fourth-order valence-electron chi connectivity index (χ4n) is 2.54. The number of urea groups is 1. The van der Waals surface area contributed by atoms with E-state index in [1.54, 1.807) is 13.8 Å². The highest BCUT2D eigenvalue weighted by Gasteiger charge is 2.27. The molecule has 0 fully saturated rings. The van der Waals surface area contributed by atoms with Crippen LogP contribution >= 0.6 is 0 Å². The Labute approximate surface area is 141 Å². The molecule has 2 amide bonds. The first-order chi connectivity index (χ1) is 11.2. The number of amides is 2. The Balaban J connectivity index is 1.89. The van der Waals surface area contributed by atoms with Gasteiger partial charge in [-0.25, -0.2) is 4.79 Å². The molecule has 0 saturated heterocycles. The molecule has 24 heavy (non-hydrogen) atoms. The van der Waals surface area contributed by atoms with Crippen LogP contribution in [0.4, 0.5) is 4.79 Å². The molecule has 0 spiro atoms. The van der Waals surface area contributed by atoms with Crippen molar-refractivity contribution in [2.75, 3.05) is 13.1 Å². The summed E-state index contributed by atoms with van der Waals surface area (Å²) in [5.41, 5.74) is 2.58. The molecule has 6 nitrogen and oxygen atoms in total. The van der Waals surface area contributed by atoms with Gasteiger partial charge in [-0.2, -0.15) is 0 Å². The maximum absolute atomic E-state index is 11.8. The quantitative estimate of drug-likeness (QED) is 0.760. The van der Waals surface area contributed by atoms with Crippen LogP contribution in [0.25, 0.3) is 10.9 Å². The number of hydrogen-bond donors (Lipinski definition) is 3. The Kier molecular flexibility index (Phi) is 5.17. The van der Waals surface area contributed by atoms with Gasteiger partial charge in [-0.3, -0.25) is 4.79 Å². The van der Waals surface area contributed by atoms with E-state index in [0.717, 1.165) is 6.42 Å². The number of benzene rings is 1. The first-order valence-corrected chi connectivity index (χ1v) is 8.00. The number of carbonyl (C=O) groups excluding carboxylic acids is 1. The highest BCUT2D eigenvalue weighted by Crippen LogP contribution is 2.22. The minimum atomic E-state index is -0.982. The highest BCUT2D eigenvalue weighted by atomic mass is 16.4. The topological polar surface area (TPSA) is 83.4 Å². The Hall–Kier alpha value is -2.50. The number of aliphatic carboxylic acids is 1. The Morgan fingerprint density at radius 2 is 1.96 bits per heavy atom. The monoisotopic (exact) mass is 331 g/mol. The van der Waals surface area contributed by atoms with Crippen molar-refractivity contribution < 1.29 is 14.7 Å². The van der Waals surface area contributed by atoms with Gasteiger partial charge in [-0.15, -0.1) is 0 Å². The molecule has 1 aromatic heterocycles. The highest BCUT2D eigenvalue weighted by molar-refractivity contribution is 5.84. The van der Waals surface area contributed by atoms with E-state index in [9.17, 15) is 9.59 Å². The van der Waals surface area contributed by atoms with Crippen molar-refractivity contribution >= 4 is 22.9 Å². The van der Waals surface area contributed by atoms with Gasteiger partial charge < -0.3 is 20.3 Å². The predicted molar refractivity (Wildman–Crippen MR) is 94.2 cm³/mol. The number of nitrogens with zero attached hydrogens (tertiary/aromatic N) is 1. The van der Waals surface area contributed by atoms with Gasteiger partial charge in [-0.1, -0.05) is 11.6 Å². The van der Waals surface area contributed by atoms with Crippen molar-refractivity contribution in [3.8, 4) is 0 Å². The van der Waals surface area contributed by atoms with Crippen LogP contribution in [0, 0.1) is 12.3 Å². The number of aryl methyl sites for hydroxylation is 2. The zero-order valence-electron chi connectivity index (χ0n) is 14.6. The van der Waals surface area contributed by atoms with Gasteiger partial charge in [-0.05, 0) is 44.9 Å². The second kappa shape index (κ2) is 6.95. The lowest BCUT2D eigenvalue weighted by Crippen LogP contribution is -2.43. The van der Waals surface area contributed by atoms with Gasteiger partial charge in [0.25, 0.3) is 0 Å². The van der Waals surface area contributed by atoms with Crippen LogP contribution in [0.5, 0.6) is 0 Å². The van der Waals surface area contributed by atoms with E-state index >= 15 is 0 Å². The molecule has 0 bridgehead atoms. The van der Waals surface area contributed by atoms with E-state index in [0.29, 0.717) is 6.54 Å². The van der Waals surface area contributed by atoms with Crippen LogP contribution in [-0.4, -0.2) is 34.8 Å². The van der Waals surface area contributed by atoms with Gasteiger partial charge in [0.1, 0.15) is 0 Å². The predicted octanol–water partition coefficient (Wildman–Crippen LogP) is 2.44. The lowest BCUT2D eigenvalue weighted by Gasteiger charge is -2.19. The third kappa shape index (κ3) is 4.07. The number of rotatable bonds is 6.